The van der Waals surface area contributed by atoms with Crippen molar-refractivity contribution < 1.29 is 9.84 Å². The number of halogens is 2. The second-order valence-electron chi connectivity index (χ2n) is 5.25. The third kappa shape index (κ3) is 5.35. The van der Waals surface area contributed by atoms with Crippen LogP contribution in [0.25, 0.3) is 0 Å². The molecule has 1 aliphatic rings. The summed E-state index contributed by atoms with van der Waals surface area (Å²) >= 11 is 6.92. The van der Waals surface area contributed by atoms with E-state index in [0.29, 0.717) is 19.3 Å². The molecule has 0 saturated heterocycles. The molecule has 1 atom stereocenters. The van der Waals surface area contributed by atoms with E-state index in [2.05, 4.69) is 37.2 Å². The first-order valence-corrected chi connectivity index (χ1v) is 8.72. The van der Waals surface area contributed by atoms with Crippen LogP contribution in [-0.4, -0.2) is 30.5 Å². The van der Waals surface area contributed by atoms with E-state index in [1.165, 1.54) is 19.3 Å². The van der Waals surface area contributed by atoms with E-state index >= 15 is 0 Å². The topological polar surface area (TPSA) is 41.5 Å². The number of anilines is 1. The van der Waals surface area contributed by atoms with Crippen molar-refractivity contribution in [3.63, 3.8) is 0 Å². The van der Waals surface area contributed by atoms with Crippen LogP contribution in [-0.2, 0) is 4.74 Å². The van der Waals surface area contributed by atoms with Gasteiger partial charge in [-0.05, 0) is 47.0 Å². The van der Waals surface area contributed by atoms with Crippen LogP contribution in [0.2, 0.25) is 0 Å². The molecule has 0 heterocycles. The van der Waals surface area contributed by atoms with E-state index in [0.717, 1.165) is 27.5 Å². The third-order valence-corrected chi connectivity index (χ3v) is 4.72. The molecule has 0 radical (unpaired) electrons. The van der Waals surface area contributed by atoms with Gasteiger partial charge in [-0.1, -0.05) is 35.2 Å². The largest absolute Gasteiger partial charge is 0.389 e. The highest BCUT2D eigenvalue weighted by molar-refractivity contribution is 9.11. The number of nitrogens with one attached hydrogen (secondary N) is 1. The van der Waals surface area contributed by atoms with Crippen LogP contribution >= 0.6 is 31.9 Å². The Morgan fingerprint density at radius 1 is 1.25 bits per heavy atom. The summed E-state index contributed by atoms with van der Waals surface area (Å²) in [6.07, 6.45) is 5.96. The van der Waals surface area contributed by atoms with Crippen molar-refractivity contribution >= 4 is 37.5 Å². The average Bonchev–Trinajstić information content (AvgIpc) is 2.47. The SMILES string of the molecule is OC(CNc1cc(Br)ccc1Br)COC1CCCCC1. The van der Waals surface area contributed by atoms with Crippen molar-refractivity contribution in [1.82, 2.24) is 0 Å². The second kappa shape index (κ2) is 8.37. The van der Waals surface area contributed by atoms with Crippen LogP contribution in [0.4, 0.5) is 5.69 Å². The lowest BCUT2D eigenvalue weighted by Gasteiger charge is -2.23. The fourth-order valence-electron chi connectivity index (χ4n) is 2.40. The summed E-state index contributed by atoms with van der Waals surface area (Å²) in [7, 11) is 0. The Bertz CT molecular complexity index is 422. The molecule has 0 aliphatic heterocycles. The van der Waals surface area contributed by atoms with Crippen molar-refractivity contribution in [1.29, 1.82) is 0 Å². The van der Waals surface area contributed by atoms with Gasteiger partial charge < -0.3 is 15.2 Å². The van der Waals surface area contributed by atoms with E-state index in [1.54, 1.807) is 0 Å². The minimum Gasteiger partial charge on any atom is -0.389 e. The minimum atomic E-state index is -0.484. The van der Waals surface area contributed by atoms with Crippen molar-refractivity contribution in [2.45, 2.75) is 44.3 Å². The Labute approximate surface area is 137 Å². The van der Waals surface area contributed by atoms with Gasteiger partial charge in [0, 0.05) is 21.2 Å². The van der Waals surface area contributed by atoms with Crippen LogP contribution in [0.1, 0.15) is 32.1 Å². The molecule has 1 aromatic carbocycles. The molecule has 1 saturated carbocycles. The molecule has 0 spiro atoms. The van der Waals surface area contributed by atoms with Crippen LogP contribution < -0.4 is 5.32 Å². The van der Waals surface area contributed by atoms with Gasteiger partial charge in [-0.3, -0.25) is 0 Å². The average molecular weight is 407 g/mol. The Hall–Kier alpha value is -0.100. The van der Waals surface area contributed by atoms with Gasteiger partial charge in [0.15, 0.2) is 0 Å². The van der Waals surface area contributed by atoms with Crippen LogP contribution in [0.5, 0.6) is 0 Å². The number of aliphatic hydroxyl groups is 1. The maximum Gasteiger partial charge on any atom is 0.0945 e. The third-order valence-electron chi connectivity index (χ3n) is 3.53. The normalized spacial score (nSPS) is 17.9. The summed E-state index contributed by atoms with van der Waals surface area (Å²) in [6.45, 7) is 0.894. The van der Waals surface area contributed by atoms with Gasteiger partial charge in [-0.15, -0.1) is 0 Å². The highest BCUT2D eigenvalue weighted by Gasteiger charge is 2.15. The molecule has 0 aromatic heterocycles. The number of hydrogen-bond donors (Lipinski definition) is 2. The Morgan fingerprint density at radius 3 is 2.75 bits per heavy atom. The first kappa shape index (κ1) is 16.3. The fraction of sp³-hybridized carbons (Fsp3) is 0.600. The number of aliphatic hydroxyl groups excluding tert-OH is 1. The Kier molecular flexibility index (Phi) is 6.81. The van der Waals surface area contributed by atoms with Gasteiger partial charge in [-0.25, -0.2) is 0 Å². The molecular weight excluding hydrogens is 386 g/mol. The van der Waals surface area contributed by atoms with E-state index in [-0.39, 0.29) is 0 Å². The van der Waals surface area contributed by atoms with Gasteiger partial charge in [0.2, 0.25) is 0 Å². The molecule has 0 amide bonds. The lowest BCUT2D eigenvalue weighted by Crippen LogP contribution is -2.28. The van der Waals surface area contributed by atoms with E-state index in [4.69, 9.17) is 4.74 Å². The summed E-state index contributed by atoms with van der Waals surface area (Å²) in [5, 5.41) is 13.2. The highest BCUT2D eigenvalue weighted by Crippen LogP contribution is 2.26. The van der Waals surface area contributed by atoms with Crippen LogP contribution in [0, 0.1) is 0 Å². The predicted molar refractivity (Wildman–Crippen MR) is 89.2 cm³/mol. The molecule has 2 rings (SSSR count). The molecule has 2 N–H and O–H groups in total. The number of hydrogen-bond acceptors (Lipinski definition) is 3. The van der Waals surface area contributed by atoms with Gasteiger partial charge in [-0.2, -0.15) is 0 Å². The summed E-state index contributed by atoms with van der Waals surface area (Å²) in [6, 6.07) is 5.92. The summed E-state index contributed by atoms with van der Waals surface area (Å²) in [5.41, 5.74) is 0.969. The molecule has 1 unspecified atom stereocenters. The zero-order valence-corrected chi connectivity index (χ0v) is 14.6. The molecule has 112 valence electrons. The fourth-order valence-corrected chi connectivity index (χ4v) is 3.15. The van der Waals surface area contributed by atoms with E-state index in [9.17, 15) is 5.11 Å². The number of benzene rings is 1. The Morgan fingerprint density at radius 2 is 2.00 bits per heavy atom. The van der Waals surface area contributed by atoms with E-state index < -0.39 is 6.10 Å². The first-order valence-electron chi connectivity index (χ1n) is 7.14. The summed E-state index contributed by atoms with van der Waals surface area (Å²) < 4.78 is 7.77. The quantitative estimate of drug-likeness (QED) is 0.738. The molecule has 0 bridgehead atoms. The monoisotopic (exact) mass is 405 g/mol. The van der Waals surface area contributed by atoms with Crippen molar-refractivity contribution in [3.8, 4) is 0 Å². The predicted octanol–water partition coefficient (Wildman–Crippen LogP) is 4.33. The lowest BCUT2D eigenvalue weighted by molar-refractivity contribution is -0.0195. The van der Waals surface area contributed by atoms with Crippen molar-refractivity contribution in [2.24, 2.45) is 0 Å². The van der Waals surface area contributed by atoms with Crippen LogP contribution in [0.3, 0.4) is 0 Å². The maximum atomic E-state index is 9.99. The van der Waals surface area contributed by atoms with Gasteiger partial charge in [0.1, 0.15) is 0 Å². The first-order chi connectivity index (χ1) is 9.65. The standard InChI is InChI=1S/C15H21Br2NO2/c16-11-6-7-14(17)15(8-11)18-9-12(19)10-20-13-4-2-1-3-5-13/h6-8,12-13,18-19H,1-5,9-10H2. The van der Waals surface area contributed by atoms with Gasteiger partial charge in [0.05, 0.1) is 18.8 Å². The van der Waals surface area contributed by atoms with E-state index in [1.807, 2.05) is 18.2 Å². The molecule has 1 aromatic rings. The smallest absolute Gasteiger partial charge is 0.0945 e. The van der Waals surface area contributed by atoms with Crippen molar-refractivity contribution in [3.05, 3.63) is 27.1 Å². The molecule has 1 aliphatic carbocycles. The van der Waals surface area contributed by atoms with Gasteiger partial charge >= 0.3 is 0 Å². The second-order valence-corrected chi connectivity index (χ2v) is 7.02. The number of ether oxygens (including phenoxy) is 1. The molecule has 1 fully saturated rings. The molecule has 20 heavy (non-hydrogen) atoms. The van der Waals surface area contributed by atoms with Gasteiger partial charge in [0.25, 0.3) is 0 Å². The number of rotatable bonds is 6. The van der Waals surface area contributed by atoms with Crippen LogP contribution in [0.15, 0.2) is 27.1 Å². The molecule has 3 nitrogen and oxygen atoms in total. The molecule has 5 heteroatoms. The Balaban J connectivity index is 1.71. The highest BCUT2D eigenvalue weighted by atomic mass is 79.9. The zero-order valence-electron chi connectivity index (χ0n) is 11.4. The summed E-state index contributed by atoms with van der Waals surface area (Å²) in [4.78, 5) is 0. The maximum absolute atomic E-state index is 9.99. The summed E-state index contributed by atoms with van der Waals surface area (Å²) in [5.74, 6) is 0. The van der Waals surface area contributed by atoms with Crippen molar-refractivity contribution in [2.75, 3.05) is 18.5 Å². The molecular formula is C15H21Br2NO2. The minimum absolute atomic E-state index is 0.344. The zero-order chi connectivity index (χ0) is 14.4. The lowest BCUT2D eigenvalue weighted by atomic mass is 9.98.